The van der Waals surface area contributed by atoms with E-state index in [9.17, 15) is 8.42 Å². The van der Waals surface area contributed by atoms with E-state index < -0.39 is 10.0 Å². The molecule has 0 spiro atoms. The Labute approximate surface area is 158 Å². The van der Waals surface area contributed by atoms with Crippen LogP contribution < -0.4 is 0 Å². The van der Waals surface area contributed by atoms with E-state index in [2.05, 4.69) is 11.2 Å². The predicted octanol–water partition coefficient (Wildman–Crippen LogP) is 4.56. The van der Waals surface area contributed by atoms with E-state index in [1.54, 1.807) is 24.3 Å². The quantitative estimate of drug-likeness (QED) is 0.493. The van der Waals surface area contributed by atoms with E-state index in [1.165, 1.54) is 0 Å². The Hall–Kier alpha value is -3.18. The summed E-state index contributed by atoms with van der Waals surface area (Å²) >= 11 is 0. The predicted molar refractivity (Wildman–Crippen MR) is 106 cm³/mol. The number of hydrogen-bond donors (Lipinski definition) is 0. The van der Waals surface area contributed by atoms with Crippen molar-refractivity contribution in [2.75, 3.05) is 0 Å². The Morgan fingerprint density at radius 1 is 0.778 bits per heavy atom. The van der Waals surface area contributed by atoms with Gasteiger partial charge in [0.1, 0.15) is 0 Å². The molecule has 0 atom stereocenters. The highest BCUT2D eigenvalue weighted by molar-refractivity contribution is 7.90. The largest absolute Gasteiger partial charge is 0.281 e. The van der Waals surface area contributed by atoms with Crippen molar-refractivity contribution in [3.63, 3.8) is 0 Å². The summed E-state index contributed by atoms with van der Waals surface area (Å²) in [6.07, 6.45) is 0. The molecule has 3 aromatic carbocycles. The zero-order valence-corrected chi connectivity index (χ0v) is 15.5. The Bertz CT molecular complexity index is 1160. The van der Waals surface area contributed by atoms with Gasteiger partial charge in [-0.3, -0.25) is 0 Å². The highest BCUT2D eigenvalue weighted by atomic mass is 32.2. The first-order valence-corrected chi connectivity index (χ1v) is 9.95. The number of nitrogens with zero attached hydrogens (tertiary/aromatic N) is 2. The second-order valence-electron chi connectivity index (χ2n) is 6.22. The molecule has 0 aliphatic heterocycles. The van der Waals surface area contributed by atoms with Gasteiger partial charge in [0, 0.05) is 0 Å². The van der Waals surface area contributed by atoms with Crippen molar-refractivity contribution in [2.45, 2.75) is 11.8 Å². The summed E-state index contributed by atoms with van der Waals surface area (Å²) in [6, 6.07) is 28.7. The Balaban J connectivity index is 1.93. The number of aromatic nitrogens is 2. The Morgan fingerprint density at radius 3 is 1.93 bits per heavy atom. The smallest absolute Gasteiger partial charge is 0.199 e. The molecule has 27 heavy (non-hydrogen) atoms. The molecule has 0 N–H and O–H groups in total. The molecule has 4 nitrogen and oxygen atoms in total. The van der Waals surface area contributed by atoms with Crippen molar-refractivity contribution in [2.24, 2.45) is 0 Å². The first-order chi connectivity index (χ1) is 13.1. The van der Waals surface area contributed by atoms with E-state index in [-0.39, 0.29) is 4.90 Å². The number of hydrogen-bond acceptors (Lipinski definition) is 3. The van der Waals surface area contributed by atoms with Gasteiger partial charge in [0.05, 0.1) is 4.90 Å². The maximum atomic E-state index is 13.3. The van der Waals surface area contributed by atoms with Crippen molar-refractivity contribution < 1.29 is 8.42 Å². The molecule has 1 heterocycles. The molecule has 0 saturated carbocycles. The van der Waals surface area contributed by atoms with Gasteiger partial charge in [0.25, 0.3) is 10.0 Å². The third-order valence-corrected chi connectivity index (χ3v) is 5.85. The van der Waals surface area contributed by atoms with Gasteiger partial charge in [0.2, 0.25) is 0 Å². The van der Waals surface area contributed by atoms with Crippen molar-refractivity contribution in [1.29, 1.82) is 0 Å². The molecule has 0 aliphatic carbocycles. The minimum atomic E-state index is -3.85. The van der Waals surface area contributed by atoms with Crippen LogP contribution in [0.25, 0.3) is 22.5 Å². The zero-order chi connectivity index (χ0) is 18.9. The lowest BCUT2D eigenvalue weighted by Crippen LogP contribution is -2.16. The fourth-order valence-electron chi connectivity index (χ4n) is 2.81. The van der Waals surface area contributed by atoms with Crippen LogP contribution >= 0.6 is 0 Å². The molecular weight excluding hydrogens is 356 g/mol. The highest BCUT2D eigenvalue weighted by Gasteiger charge is 2.20. The molecule has 0 radical (unpaired) electrons. The molecule has 0 fully saturated rings. The first kappa shape index (κ1) is 17.2. The maximum absolute atomic E-state index is 13.3. The van der Waals surface area contributed by atoms with E-state index in [0.717, 1.165) is 20.8 Å². The number of benzene rings is 3. The normalized spacial score (nSPS) is 11.4. The van der Waals surface area contributed by atoms with E-state index in [1.807, 2.05) is 67.6 Å². The molecule has 4 aromatic rings. The average Bonchev–Trinajstić information content (AvgIpc) is 3.16. The van der Waals surface area contributed by atoms with E-state index >= 15 is 0 Å². The summed E-state index contributed by atoms with van der Waals surface area (Å²) < 4.78 is 27.6. The average molecular weight is 373 g/mol. The molecule has 4 rings (SSSR count). The van der Waals surface area contributed by atoms with Crippen LogP contribution in [0.3, 0.4) is 0 Å². The fourth-order valence-corrected chi connectivity index (χ4v) is 4.07. The first-order valence-electron chi connectivity index (χ1n) is 8.51. The molecule has 0 amide bonds. The third kappa shape index (κ3) is 3.29. The minimum Gasteiger partial charge on any atom is -0.199 e. The molecule has 134 valence electrons. The van der Waals surface area contributed by atoms with Crippen LogP contribution in [0, 0.1) is 13.0 Å². The summed E-state index contributed by atoms with van der Waals surface area (Å²) in [6.45, 7) is 1.92. The summed E-state index contributed by atoms with van der Waals surface area (Å²) in [5, 5.41) is 4.40. The van der Waals surface area contributed by atoms with Gasteiger partial charge in [-0.05, 0) is 30.4 Å². The van der Waals surface area contributed by atoms with Crippen molar-refractivity contribution in [3.8, 4) is 22.5 Å². The summed E-state index contributed by atoms with van der Waals surface area (Å²) in [4.78, 5) is 0.196. The maximum Gasteiger partial charge on any atom is 0.281 e. The monoisotopic (exact) mass is 373 g/mol. The van der Waals surface area contributed by atoms with Crippen molar-refractivity contribution >= 4 is 10.0 Å². The third-order valence-electron chi connectivity index (χ3n) is 4.26. The molecule has 0 unspecified atom stereocenters. The van der Waals surface area contributed by atoms with Crippen molar-refractivity contribution in [3.05, 3.63) is 96.6 Å². The lowest BCUT2D eigenvalue weighted by Gasteiger charge is -2.13. The van der Waals surface area contributed by atoms with Crippen LogP contribution in [0.1, 0.15) is 5.56 Å². The SMILES string of the molecule is Cc1ccc(S(=O)(=O)n2nc(-c3ccccc3)[c-]c2-c2ccccc2)cc1. The highest BCUT2D eigenvalue weighted by Crippen LogP contribution is 2.28. The Morgan fingerprint density at radius 2 is 1.33 bits per heavy atom. The Kier molecular flexibility index (Phi) is 4.38. The lowest BCUT2D eigenvalue weighted by atomic mass is 10.1. The summed E-state index contributed by atoms with van der Waals surface area (Å²) in [5.74, 6) is 0. The second kappa shape index (κ2) is 6.85. The number of rotatable bonds is 4. The topological polar surface area (TPSA) is 52.0 Å². The summed E-state index contributed by atoms with van der Waals surface area (Å²) in [5.41, 5.74) is 3.45. The van der Waals surface area contributed by atoms with Crippen LogP contribution in [-0.2, 0) is 10.0 Å². The van der Waals surface area contributed by atoms with Gasteiger partial charge in [-0.15, -0.1) is 30.3 Å². The van der Waals surface area contributed by atoms with Gasteiger partial charge in [0.15, 0.2) is 0 Å². The van der Waals surface area contributed by atoms with Crippen LogP contribution in [0.5, 0.6) is 0 Å². The van der Waals surface area contributed by atoms with E-state index in [4.69, 9.17) is 0 Å². The van der Waals surface area contributed by atoms with Crippen LogP contribution in [0.4, 0.5) is 0 Å². The van der Waals surface area contributed by atoms with Crippen molar-refractivity contribution in [1.82, 2.24) is 9.19 Å². The van der Waals surface area contributed by atoms with Gasteiger partial charge in [-0.2, -0.15) is 17.6 Å². The minimum absolute atomic E-state index is 0.196. The fraction of sp³-hybridized carbons (Fsp3) is 0.0455. The van der Waals surface area contributed by atoms with Gasteiger partial charge < -0.3 is 0 Å². The number of aryl methyl sites for hydroxylation is 1. The summed E-state index contributed by atoms with van der Waals surface area (Å²) in [7, 11) is -3.85. The molecule has 1 aromatic heterocycles. The zero-order valence-electron chi connectivity index (χ0n) is 14.7. The van der Waals surface area contributed by atoms with Gasteiger partial charge in [-0.25, -0.2) is 0 Å². The van der Waals surface area contributed by atoms with Crippen LogP contribution in [-0.4, -0.2) is 17.6 Å². The molecule has 0 aliphatic rings. The second-order valence-corrected chi connectivity index (χ2v) is 7.98. The van der Waals surface area contributed by atoms with Crippen LogP contribution in [0.15, 0.2) is 89.8 Å². The van der Waals surface area contributed by atoms with Gasteiger partial charge >= 0.3 is 0 Å². The van der Waals surface area contributed by atoms with Gasteiger partial charge in [-0.1, -0.05) is 65.2 Å². The molecule has 0 bridgehead atoms. The standard InChI is InChI=1S/C22H17N2O2S/c1-17-12-14-20(15-13-17)27(25,26)24-22(19-10-6-3-7-11-19)16-21(23-24)18-8-4-2-5-9-18/h2-15H,1H3/q-1. The molecule has 0 saturated heterocycles. The molecule has 5 heteroatoms. The van der Waals surface area contributed by atoms with E-state index in [0.29, 0.717) is 11.4 Å². The lowest BCUT2D eigenvalue weighted by molar-refractivity contribution is 0.581. The molecular formula is C22H17N2O2S-. The van der Waals surface area contributed by atoms with Crippen LogP contribution in [0.2, 0.25) is 0 Å².